The largest absolute Gasteiger partial charge is 0.459 e. The van der Waals surface area contributed by atoms with E-state index in [1.807, 2.05) is 26.8 Å². The minimum atomic E-state index is -4.33. The molecule has 1 saturated carbocycles. The number of esters is 1. The van der Waals surface area contributed by atoms with Crippen LogP contribution < -0.4 is 0 Å². The number of halogens is 3. The summed E-state index contributed by atoms with van der Waals surface area (Å²) in [6.45, 7) is 9.99. The SMILES string of the molecule is C[C@@H]1CN(C(c2cccc(C(F)(F)F)c2)C2CC2)CCN1CC(=O)OC(C)(C)C. The maximum atomic E-state index is 13.2. The van der Waals surface area contributed by atoms with Crippen LogP contribution in [0.25, 0.3) is 0 Å². The maximum Gasteiger partial charge on any atom is 0.416 e. The minimum Gasteiger partial charge on any atom is -0.459 e. The van der Waals surface area contributed by atoms with Crippen molar-refractivity contribution in [1.29, 1.82) is 0 Å². The predicted molar refractivity (Wildman–Crippen MR) is 105 cm³/mol. The molecule has 1 heterocycles. The van der Waals surface area contributed by atoms with Crippen LogP contribution >= 0.6 is 0 Å². The van der Waals surface area contributed by atoms with E-state index in [1.54, 1.807) is 0 Å². The normalized spacial score (nSPS) is 23.1. The van der Waals surface area contributed by atoms with Gasteiger partial charge in [0, 0.05) is 31.7 Å². The molecule has 1 unspecified atom stereocenters. The van der Waals surface area contributed by atoms with Gasteiger partial charge in [-0.1, -0.05) is 12.1 Å². The molecule has 1 aromatic carbocycles. The summed E-state index contributed by atoms with van der Waals surface area (Å²) in [5, 5.41) is 0. The van der Waals surface area contributed by atoms with Gasteiger partial charge >= 0.3 is 12.1 Å². The van der Waals surface area contributed by atoms with Gasteiger partial charge in [0.2, 0.25) is 0 Å². The van der Waals surface area contributed by atoms with Crippen LogP contribution in [0.2, 0.25) is 0 Å². The van der Waals surface area contributed by atoms with Crippen molar-refractivity contribution in [2.24, 2.45) is 5.92 Å². The van der Waals surface area contributed by atoms with E-state index in [4.69, 9.17) is 4.74 Å². The lowest BCUT2D eigenvalue weighted by Gasteiger charge is -2.43. The van der Waals surface area contributed by atoms with E-state index in [1.165, 1.54) is 12.1 Å². The van der Waals surface area contributed by atoms with Crippen molar-refractivity contribution >= 4 is 5.97 Å². The Morgan fingerprint density at radius 3 is 2.45 bits per heavy atom. The Balaban J connectivity index is 1.68. The molecule has 2 aliphatic rings. The molecule has 29 heavy (non-hydrogen) atoms. The highest BCUT2D eigenvalue weighted by atomic mass is 19.4. The summed E-state index contributed by atoms with van der Waals surface area (Å²) in [5.41, 5.74) is -0.352. The lowest BCUT2D eigenvalue weighted by molar-refractivity contribution is -0.157. The molecule has 0 amide bonds. The summed E-state index contributed by atoms with van der Waals surface area (Å²) in [7, 11) is 0. The molecule has 0 bridgehead atoms. The fourth-order valence-corrected chi connectivity index (χ4v) is 4.14. The van der Waals surface area contributed by atoms with E-state index >= 15 is 0 Å². The number of hydrogen-bond donors (Lipinski definition) is 0. The third-order valence-corrected chi connectivity index (χ3v) is 5.57. The van der Waals surface area contributed by atoms with Crippen LogP contribution in [-0.2, 0) is 15.7 Å². The van der Waals surface area contributed by atoms with Crippen LogP contribution in [0.4, 0.5) is 13.2 Å². The summed E-state index contributed by atoms with van der Waals surface area (Å²) in [5.74, 6) is 0.164. The topological polar surface area (TPSA) is 32.8 Å². The molecule has 3 rings (SSSR count). The van der Waals surface area contributed by atoms with Crippen LogP contribution in [0.3, 0.4) is 0 Å². The van der Waals surface area contributed by atoms with Crippen LogP contribution in [0, 0.1) is 5.92 Å². The minimum absolute atomic E-state index is 0.00317. The van der Waals surface area contributed by atoms with E-state index in [0.717, 1.165) is 37.6 Å². The Bertz CT molecular complexity index is 726. The molecule has 0 aromatic heterocycles. The van der Waals surface area contributed by atoms with Crippen LogP contribution in [0.15, 0.2) is 24.3 Å². The summed E-state index contributed by atoms with van der Waals surface area (Å²) in [4.78, 5) is 16.6. The fraction of sp³-hybridized carbons (Fsp3) is 0.682. The lowest BCUT2D eigenvalue weighted by Crippen LogP contribution is -2.54. The Morgan fingerprint density at radius 2 is 1.90 bits per heavy atom. The number of rotatable bonds is 5. The van der Waals surface area contributed by atoms with Gasteiger partial charge in [-0.2, -0.15) is 13.2 Å². The number of nitrogens with zero attached hydrogens (tertiary/aromatic N) is 2. The van der Waals surface area contributed by atoms with Gasteiger partial charge < -0.3 is 4.74 Å². The first-order valence-corrected chi connectivity index (χ1v) is 10.3. The van der Waals surface area contributed by atoms with Crippen LogP contribution in [0.1, 0.15) is 57.7 Å². The summed E-state index contributed by atoms with van der Waals surface area (Å²) in [6, 6.07) is 5.90. The van der Waals surface area contributed by atoms with Gasteiger partial charge in [0.1, 0.15) is 5.60 Å². The van der Waals surface area contributed by atoms with Gasteiger partial charge in [0.25, 0.3) is 0 Å². The summed E-state index contributed by atoms with van der Waals surface area (Å²) >= 11 is 0. The molecule has 1 aromatic rings. The first-order chi connectivity index (χ1) is 13.4. The summed E-state index contributed by atoms with van der Waals surface area (Å²) in [6.07, 6.45) is -2.23. The van der Waals surface area contributed by atoms with Gasteiger partial charge in [0.05, 0.1) is 12.1 Å². The zero-order valence-corrected chi connectivity index (χ0v) is 17.6. The van der Waals surface area contributed by atoms with Crippen molar-refractivity contribution in [1.82, 2.24) is 9.80 Å². The molecule has 1 aliphatic carbocycles. The third-order valence-electron chi connectivity index (χ3n) is 5.57. The molecule has 0 radical (unpaired) electrons. The second-order valence-corrected chi connectivity index (χ2v) is 9.31. The van der Waals surface area contributed by atoms with Gasteiger partial charge in [0.15, 0.2) is 0 Å². The molecular formula is C22H31F3N2O2. The van der Waals surface area contributed by atoms with Gasteiger partial charge in [-0.05, 0) is 64.2 Å². The van der Waals surface area contributed by atoms with Crippen molar-refractivity contribution < 1.29 is 22.7 Å². The molecule has 2 atom stereocenters. The van der Waals surface area contributed by atoms with Crippen molar-refractivity contribution in [3.63, 3.8) is 0 Å². The quantitative estimate of drug-likeness (QED) is 0.667. The molecule has 162 valence electrons. The molecular weight excluding hydrogens is 381 g/mol. The molecule has 0 N–H and O–H groups in total. The second kappa shape index (κ2) is 8.26. The Hall–Kier alpha value is -1.60. The predicted octanol–water partition coefficient (Wildman–Crippen LogP) is 4.50. The zero-order valence-electron chi connectivity index (χ0n) is 17.6. The molecule has 1 aliphatic heterocycles. The fourth-order valence-electron chi connectivity index (χ4n) is 4.14. The van der Waals surface area contributed by atoms with E-state index < -0.39 is 17.3 Å². The molecule has 7 heteroatoms. The number of carbonyl (C=O) groups is 1. The highest BCUT2D eigenvalue weighted by molar-refractivity contribution is 5.72. The third kappa shape index (κ3) is 5.95. The van der Waals surface area contributed by atoms with Crippen molar-refractivity contribution in [2.75, 3.05) is 26.2 Å². The number of hydrogen-bond acceptors (Lipinski definition) is 4. The molecule has 0 spiro atoms. The second-order valence-electron chi connectivity index (χ2n) is 9.31. The first-order valence-electron chi connectivity index (χ1n) is 10.3. The summed E-state index contributed by atoms with van der Waals surface area (Å²) < 4.78 is 45.0. The maximum absolute atomic E-state index is 13.2. The number of benzene rings is 1. The van der Waals surface area contributed by atoms with E-state index in [9.17, 15) is 18.0 Å². The number of ether oxygens (including phenoxy) is 1. The highest BCUT2D eigenvalue weighted by Gasteiger charge is 2.40. The standard InChI is InChI=1S/C22H31F3N2O2/c1-15-13-27(11-10-26(15)14-19(28)29-21(2,3)4)20(16-8-9-16)17-6-5-7-18(12-17)22(23,24)25/h5-7,12,15-16,20H,8-11,13-14H2,1-4H3/t15-,20?/m1/s1. The van der Waals surface area contributed by atoms with E-state index in [-0.39, 0.29) is 24.6 Å². The Morgan fingerprint density at radius 1 is 1.21 bits per heavy atom. The highest BCUT2D eigenvalue weighted by Crippen LogP contribution is 2.46. The van der Waals surface area contributed by atoms with E-state index in [2.05, 4.69) is 16.7 Å². The van der Waals surface area contributed by atoms with Crippen molar-refractivity contribution in [2.45, 2.75) is 64.4 Å². The first kappa shape index (κ1) is 22.1. The molecule has 4 nitrogen and oxygen atoms in total. The number of alkyl halides is 3. The number of piperazine rings is 1. The van der Waals surface area contributed by atoms with Crippen molar-refractivity contribution in [3.05, 3.63) is 35.4 Å². The average Bonchev–Trinajstić information content (AvgIpc) is 3.40. The molecule has 2 fully saturated rings. The molecule has 1 saturated heterocycles. The van der Waals surface area contributed by atoms with Crippen LogP contribution in [0.5, 0.6) is 0 Å². The lowest BCUT2D eigenvalue weighted by atomic mass is 9.96. The van der Waals surface area contributed by atoms with Crippen LogP contribution in [-0.4, -0.2) is 53.6 Å². The van der Waals surface area contributed by atoms with Gasteiger partial charge in [-0.25, -0.2) is 0 Å². The zero-order chi connectivity index (χ0) is 21.4. The van der Waals surface area contributed by atoms with Gasteiger partial charge in [-0.3, -0.25) is 14.6 Å². The Kier molecular flexibility index (Phi) is 6.30. The van der Waals surface area contributed by atoms with Crippen molar-refractivity contribution in [3.8, 4) is 0 Å². The van der Waals surface area contributed by atoms with Gasteiger partial charge in [-0.15, -0.1) is 0 Å². The number of carbonyl (C=O) groups excluding carboxylic acids is 1. The smallest absolute Gasteiger partial charge is 0.416 e. The average molecular weight is 412 g/mol. The monoisotopic (exact) mass is 412 g/mol. The Labute approximate surface area is 171 Å². The van der Waals surface area contributed by atoms with E-state index in [0.29, 0.717) is 12.5 Å².